The molecule has 0 aliphatic carbocycles. The van der Waals surface area contributed by atoms with Gasteiger partial charge in [0.15, 0.2) is 0 Å². The summed E-state index contributed by atoms with van der Waals surface area (Å²) in [5.41, 5.74) is 0.543. The van der Waals surface area contributed by atoms with Gasteiger partial charge in [-0.05, 0) is 12.5 Å². The largest absolute Gasteiger partial charge is 0.394 e. The Kier molecular flexibility index (Phi) is 5.53. The van der Waals surface area contributed by atoms with E-state index in [1.165, 1.54) is 15.2 Å². The van der Waals surface area contributed by atoms with Crippen LogP contribution in [0.15, 0.2) is 23.3 Å². The first-order valence-corrected chi connectivity index (χ1v) is 8.77. The van der Waals surface area contributed by atoms with E-state index < -0.39 is 24.5 Å². The maximum Gasteiger partial charge on any atom is 0.336 e. The molecule has 4 atom stereocenters. The third kappa shape index (κ3) is 3.48. The SMILES string of the molecule is CCCCC[C@@H](O)c1cnc2ccn([C@H]3C[C@H](O)[C@@H](CO)O3)c(=O)n12. The summed E-state index contributed by atoms with van der Waals surface area (Å²) in [7, 11) is 0. The lowest BCUT2D eigenvalue weighted by molar-refractivity contribution is -0.0460. The molecule has 1 aliphatic rings. The first-order valence-electron chi connectivity index (χ1n) is 8.77. The lowest BCUT2D eigenvalue weighted by atomic mass is 10.1. The molecule has 0 unspecified atom stereocenters. The van der Waals surface area contributed by atoms with Gasteiger partial charge in [-0.1, -0.05) is 26.2 Å². The van der Waals surface area contributed by atoms with Gasteiger partial charge in [0, 0.05) is 12.6 Å². The van der Waals surface area contributed by atoms with E-state index in [4.69, 9.17) is 4.74 Å². The molecule has 3 heterocycles. The number of hydrogen-bond acceptors (Lipinski definition) is 6. The summed E-state index contributed by atoms with van der Waals surface area (Å²) < 4.78 is 8.32. The fraction of sp³-hybridized carbons (Fsp3) is 0.647. The van der Waals surface area contributed by atoms with E-state index in [1.54, 1.807) is 12.3 Å². The number of aromatic nitrogens is 3. The third-order valence-corrected chi connectivity index (χ3v) is 4.73. The Hall–Kier alpha value is -1.74. The average molecular weight is 351 g/mol. The van der Waals surface area contributed by atoms with Gasteiger partial charge in [-0.3, -0.25) is 4.57 Å². The fourth-order valence-electron chi connectivity index (χ4n) is 3.27. The second-order valence-corrected chi connectivity index (χ2v) is 6.51. The lowest BCUT2D eigenvalue weighted by Crippen LogP contribution is -2.31. The van der Waals surface area contributed by atoms with E-state index in [2.05, 4.69) is 11.9 Å². The summed E-state index contributed by atoms with van der Waals surface area (Å²) in [6, 6.07) is 1.67. The van der Waals surface area contributed by atoms with Gasteiger partial charge in [0.05, 0.1) is 30.7 Å². The third-order valence-electron chi connectivity index (χ3n) is 4.73. The normalized spacial score (nSPS) is 24.9. The molecular weight excluding hydrogens is 326 g/mol. The minimum atomic E-state index is -0.820. The first kappa shape index (κ1) is 18.1. The Morgan fingerprint density at radius 1 is 1.44 bits per heavy atom. The monoisotopic (exact) mass is 351 g/mol. The van der Waals surface area contributed by atoms with Crippen LogP contribution in [0.25, 0.3) is 5.65 Å². The predicted octanol–water partition coefficient (Wildman–Crippen LogP) is 0.750. The van der Waals surface area contributed by atoms with Crippen LogP contribution in [0, 0.1) is 0 Å². The van der Waals surface area contributed by atoms with Crippen LogP contribution < -0.4 is 5.69 Å². The van der Waals surface area contributed by atoms with Gasteiger partial charge in [-0.25, -0.2) is 14.2 Å². The molecule has 138 valence electrons. The quantitative estimate of drug-likeness (QED) is 0.635. The first-order chi connectivity index (χ1) is 12.1. The van der Waals surface area contributed by atoms with E-state index in [1.807, 2.05) is 0 Å². The van der Waals surface area contributed by atoms with Crippen molar-refractivity contribution in [1.29, 1.82) is 0 Å². The smallest absolute Gasteiger partial charge is 0.336 e. The van der Waals surface area contributed by atoms with E-state index in [0.717, 1.165) is 19.3 Å². The summed E-state index contributed by atoms with van der Waals surface area (Å²) in [5.74, 6) is 0. The van der Waals surface area contributed by atoms with Crippen molar-refractivity contribution in [2.75, 3.05) is 6.61 Å². The number of ether oxygens (including phenoxy) is 1. The highest BCUT2D eigenvalue weighted by molar-refractivity contribution is 5.39. The van der Waals surface area contributed by atoms with Gasteiger partial charge in [-0.15, -0.1) is 0 Å². The highest BCUT2D eigenvalue weighted by atomic mass is 16.5. The van der Waals surface area contributed by atoms with Crippen molar-refractivity contribution in [3.8, 4) is 0 Å². The Bertz CT molecular complexity index is 771. The van der Waals surface area contributed by atoms with Crippen molar-refractivity contribution >= 4 is 5.65 Å². The Balaban J connectivity index is 1.91. The molecule has 3 N–H and O–H groups in total. The van der Waals surface area contributed by atoms with Crippen LogP contribution in [0.2, 0.25) is 0 Å². The van der Waals surface area contributed by atoms with Gasteiger partial charge in [0.2, 0.25) is 0 Å². The number of hydrogen-bond donors (Lipinski definition) is 3. The van der Waals surface area contributed by atoms with Crippen molar-refractivity contribution in [3.63, 3.8) is 0 Å². The summed E-state index contributed by atoms with van der Waals surface area (Å²) in [6.45, 7) is 1.79. The van der Waals surface area contributed by atoms with Gasteiger partial charge >= 0.3 is 5.69 Å². The molecule has 0 radical (unpaired) electrons. The molecule has 8 heteroatoms. The predicted molar refractivity (Wildman–Crippen MR) is 90.2 cm³/mol. The highest BCUT2D eigenvalue weighted by Crippen LogP contribution is 2.28. The van der Waals surface area contributed by atoms with Crippen LogP contribution >= 0.6 is 0 Å². The molecule has 0 amide bonds. The minimum Gasteiger partial charge on any atom is -0.394 e. The number of nitrogens with zero attached hydrogens (tertiary/aromatic N) is 3. The number of aliphatic hydroxyl groups excluding tert-OH is 3. The van der Waals surface area contributed by atoms with Gasteiger partial charge < -0.3 is 20.1 Å². The fourth-order valence-corrected chi connectivity index (χ4v) is 3.27. The molecule has 0 saturated carbocycles. The summed E-state index contributed by atoms with van der Waals surface area (Å²) >= 11 is 0. The Morgan fingerprint density at radius 3 is 2.92 bits per heavy atom. The van der Waals surface area contributed by atoms with Crippen molar-refractivity contribution in [2.45, 2.75) is 63.6 Å². The second-order valence-electron chi connectivity index (χ2n) is 6.51. The summed E-state index contributed by atoms with van der Waals surface area (Å²) in [5, 5.41) is 29.5. The lowest BCUT2D eigenvalue weighted by Gasteiger charge is -2.16. The molecule has 25 heavy (non-hydrogen) atoms. The zero-order chi connectivity index (χ0) is 18.0. The van der Waals surface area contributed by atoms with E-state index in [9.17, 15) is 20.1 Å². The van der Waals surface area contributed by atoms with Crippen LogP contribution in [0.5, 0.6) is 0 Å². The van der Waals surface area contributed by atoms with Crippen LogP contribution in [0.4, 0.5) is 0 Å². The van der Waals surface area contributed by atoms with Gasteiger partial charge in [0.25, 0.3) is 0 Å². The average Bonchev–Trinajstić information content (AvgIpc) is 3.19. The van der Waals surface area contributed by atoms with Crippen LogP contribution in [-0.2, 0) is 4.74 Å². The number of rotatable bonds is 7. The molecule has 0 bridgehead atoms. The minimum absolute atomic E-state index is 0.222. The van der Waals surface area contributed by atoms with Crippen molar-refractivity contribution < 1.29 is 20.1 Å². The molecule has 8 nitrogen and oxygen atoms in total. The van der Waals surface area contributed by atoms with Crippen molar-refractivity contribution in [3.05, 3.63) is 34.6 Å². The Labute approximate surface area is 145 Å². The zero-order valence-electron chi connectivity index (χ0n) is 14.3. The Morgan fingerprint density at radius 2 is 2.24 bits per heavy atom. The molecule has 0 aromatic carbocycles. The maximum atomic E-state index is 12.9. The molecule has 2 aromatic heterocycles. The van der Waals surface area contributed by atoms with Crippen LogP contribution in [0.3, 0.4) is 0 Å². The molecular formula is C17H25N3O5. The van der Waals surface area contributed by atoms with Gasteiger partial charge in [-0.2, -0.15) is 0 Å². The number of fused-ring (bicyclic) bond motifs is 1. The standard InChI is InChI=1S/C17H25N3O5/c1-2-3-4-5-12(22)11-9-18-15-6-7-19(17(24)20(11)15)16-8-13(23)14(10-21)25-16/h6-7,9,12-14,16,21-23H,2-5,8,10H2,1H3/t12-,13+,14-,16-/m1/s1. The molecule has 1 saturated heterocycles. The van der Waals surface area contributed by atoms with E-state index in [0.29, 0.717) is 17.8 Å². The highest BCUT2D eigenvalue weighted by Gasteiger charge is 2.35. The summed E-state index contributed by atoms with van der Waals surface area (Å²) in [6.07, 6.45) is 3.90. The van der Waals surface area contributed by atoms with E-state index >= 15 is 0 Å². The molecule has 3 rings (SSSR count). The topological polar surface area (TPSA) is 109 Å². The van der Waals surface area contributed by atoms with Crippen molar-refractivity contribution in [1.82, 2.24) is 14.0 Å². The zero-order valence-corrected chi connectivity index (χ0v) is 14.3. The van der Waals surface area contributed by atoms with Crippen LogP contribution in [-0.4, -0.2) is 48.1 Å². The second kappa shape index (κ2) is 7.65. The molecule has 1 aliphatic heterocycles. The van der Waals surface area contributed by atoms with Crippen molar-refractivity contribution in [2.24, 2.45) is 0 Å². The molecule has 2 aromatic rings. The number of unbranched alkanes of at least 4 members (excludes halogenated alkanes) is 2. The van der Waals surface area contributed by atoms with E-state index in [-0.39, 0.29) is 18.7 Å². The van der Waals surface area contributed by atoms with Crippen LogP contribution in [0.1, 0.15) is 57.1 Å². The number of imidazole rings is 1. The summed E-state index contributed by atoms with van der Waals surface area (Å²) in [4.78, 5) is 17.1. The molecule has 1 fully saturated rings. The van der Waals surface area contributed by atoms with Gasteiger partial charge in [0.1, 0.15) is 18.0 Å². The molecule has 0 spiro atoms. The maximum absolute atomic E-state index is 12.9. The number of aliphatic hydroxyl groups is 3.